The Bertz CT molecular complexity index is 867. The molecule has 8 heteroatoms. The van der Waals surface area contributed by atoms with Crippen molar-refractivity contribution >= 4 is 5.91 Å². The minimum Gasteiger partial charge on any atom is -0.490 e. The Morgan fingerprint density at radius 1 is 1.03 bits per heavy atom. The molecule has 0 aliphatic carbocycles. The number of hydrogen-bond donors (Lipinski definition) is 1. The molecule has 0 bridgehead atoms. The van der Waals surface area contributed by atoms with E-state index < -0.39 is 12.0 Å². The van der Waals surface area contributed by atoms with Crippen LogP contribution in [0.4, 0.5) is 13.2 Å². The number of rotatable bonds is 5. The molecule has 5 nitrogen and oxygen atoms in total. The highest BCUT2D eigenvalue weighted by Crippen LogP contribution is 2.28. The first-order chi connectivity index (χ1) is 14.0. The van der Waals surface area contributed by atoms with Crippen LogP contribution < -0.4 is 9.47 Å². The summed E-state index contributed by atoms with van der Waals surface area (Å²) in [4.78, 5) is 14.4. The van der Waals surface area contributed by atoms with Crippen molar-refractivity contribution in [1.82, 2.24) is 4.90 Å². The standard InChI is InChI=1S/C22H24F3NO4/c1-21(2,28)16-8-6-15(7-9-16)20(27)26-12-10-17(11-13-26)29-18-4-3-5-19(14-18)30-22(23,24)25/h3-9,14,17,28H,10-13H2,1-2H3. The second kappa shape index (κ2) is 8.55. The Labute approximate surface area is 173 Å². The van der Waals surface area contributed by atoms with Crippen LogP contribution in [0.25, 0.3) is 0 Å². The van der Waals surface area contributed by atoms with Crippen molar-refractivity contribution in [3.05, 3.63) is 59.7 Å². The zero-order valence-corrected chi connectivity index (χ0v) is 16.8. The molecule has 1 saturated heterocycles. The van der Waals surface area contributed by atoms with Gasteiger partial charge in [-0.2, -0.15) is 0 Å². The molecule has 1 aliphatic heterocycles. The highest BCUT2D eigenvalue weighted by Gasteiger charge is 2.31. The van der Waals surface area contributed by atoms with E-state index in [1.165, 1.54) is 18.2 Å². The van der Waals surface area contributed by atoms with Crippen LogP contribution in [0.15, 0.2) is 48.5 Å². The first kappa shape index (κ1) is 22.0. The third kappa shape index (κ3) is 5.89. The summed E-state index contributed by atoms with van der Waals surface area (Å²) in [5, 5.41) is 10.0. The first-order valence-electron chi connectivity index (χ1n) is 9.66. The molecule has 0 aromatic heterocycles. The van der Waals surface area contributed by atoms with Crippen molar-refractivity contribution in [1.29, 1.82) is 0 Å². The molecule has 0 radical (unpaired) electrons. The molecule has 0 atom stereocenters. The molecule has 162 valence electrons. The van der Waals surface area contributed by atoms with Gasteiger partial charge in [-0.3, -0.25) is 4.79 Å². The summed E-state index contributed by atoms with van der Waals surface area (Å²) >= 11 is 0. The summed E-state index contributed by atoms with van der Waals surface area (Å²) in [6.45, 7) is 4.32. The second-order valence-electron chi connectivity index (χ2n) is 7.77. The maximum atomic E-state index is 12.7. The van der Waals surface area contributed by atoms with Crippen LogP contribution in [0.5, 0.6) is 11.5 Å². The third-order valence-corrected chi connectivity index (χ3v) is 4.91. The van der Waals surface area contributed by atoms with E-state index in [-0.39, 0.29) is 17.8 Å². The lowest BCUT2D eigenvalue weighted by atomic mass is 9.97. The predicted molar refractivity (Wildman–Crippen MR) is 104 cm³/mol. The number of halogens is 3. The summed E-state index contributed by atoms with van der Waals surface area (Å²) in [5.41, 5.74) is 0.293. The fourth-order valence-electron chi connectivity index (χ4n) is 3.32. The summed E-state index contributed by atoms with van der Waals surface area (Å²) in [6, 6.07) is 12.3. The maximum Gasteiger partial charge on any atom is 0.573 e. The minimum atomic E-state index is -4.75. The molecule has 1 N–H and O–H groups in total. The van der Waals surface area contributed by atoms with E-state index in [0.717, 1.165) is 5.56 Å². The van der Waals surface area contributed by atoms with Gasteiger partial charge in [0, 0.05) is 37.6 Å². The fourth-order valence-corrected chi connectivity index (χ4v) is 3.32. The highest BCUT2D eigenvalue weighted by atomic mass is 19.4. The molecular weight excluding hydrogens is 399 g/mol. The van der Waals surface area contributed by atoms with Crippen molar-refractivity contribution in [3.63, 3.8) is 0 Å². The topological polar surface area (TPSA) is 59.0 Å². The highest BCUT2D eigenvalue weighted by molar-refractivity contribution is 5.94. The van der Waals surface area contributed by atoms with Crippen LogP contribution in [-0.2, 0) is 5.60 Å². The van der Waals surface area contributed by atoms with Gasteiger partial charge in [0.2, 0.25) is 0 Å². The lowest BCUT2D eigenvalue weighted by Gasteiger charge is -2.32. The smallest absolute Gasteiger partial charge is 0.490 e. The van der Waals surface area contributed by atoms with Crippen LogP contribution in [0.3, 0.4) is 0 Å². The van der Waals surface area contributed by atoms with Gasteiger partial charge in [0.1, 0.15) is 17.6 Å². The number of benzene rings is 2. The molecular formula is C22H24F3NO4. The first-order valence-corrected chi connectivity index (χ1v) is 9.66. The Morgan fingerprint density at radius 2 is 1.63 bits per heavy atom. The van der Waals surface area contributed by atoms with Gasteiger partial charge < -0.3 is 19.5 Å². The zero-order valence-electron chi connectivity index (χ0n) is 16.8. The normalized spacial score (nSPS) is 15.7. The molecule has 0 saturated carbocycles. The second-order valence-corrected chi connectivity index (χ2v) is 7.77. The van der Waals surface area contributed by atoms with E-state index in [9.17, 15) is 23.1 Å². The third-order valence-electron chi connectivity index (χ3n) is 4.91. The molecule has 3 rings (SSSR count). The number of aliphatic hydroxyl groups is 1. The number of nitrogens with zero attached hydrogens (tertiary/aromatic N) is 1. The van der Waals surface area contributed by atoms with Crippen molar-refractivity contribution in [2.24, 2.45) is 0 Å². The van der Waals surface area contributed by atoms with E-state index in [0.29, 0.717) is 37.2 Å². The Hall–Kier alpha value is -2.74. The van der Waals surface area contributed by atoms with E-state index in [2.05, 4.69) is 4.74 Å². The van der Waals surface area contributed by atoms with Gasteiger partial charge in [-0.15, -0.1) is 13.2 Å². The van der Waals surface area contributed by atoms with Crippen molar-refractivity contribution < 1.29 is 32.5 Å². The molecule has 1 heterocycles. The number of carbonyl (C=O) groups is 1. The van der Waals surface area contributed by atoms with Crippen LogP contribution in [-0.4, -0.2) is 41.5 Å². The predicted octanol–water partition coefficient (Wildman–Crippen LogP) is 4.50. The average Bonchev–Trinajstić information content (AvgIpc) is 2.66. The van der Waals surface area contributed by atoms with E-state index in [4.69, 9.17) is 4.74 Å². The number of likely N-dealkylation sites (tertiary alicyclic amines) is 1. The Kier molecular flexibility index (Phi) is 6.26. The van der Waals surface area contributed by atoms with Crippen LogP contribution in [0.2, 0.25) is 0 Å². The van der Waals surface area contributed by atoms with Crippen LogP contribution >= 0.6 is 0 Å². The van der Waals surface area contributed by atoms with Gasteiger partial charge >= 0.3 is 6.36 Å². The summed E-state index contributed by atoms with van der Waals surface area (Å²) in [7, 11) is 0. The van der Waals surface area contributed by atoms with Crippen molar-refractivity contribution in [3.8, 4) is 11.5 Å². The molecule has 0 unspecified atom stereocenters. The van der Waals surface area contributed by atoms with Gasteiger partial charge in [0.05, 0.1) is 5.60 Å². The SMILES string of the molecule is CC(C)(O)c1ccc(C(=O)N2CCC(Oc3cccc(OC(F)(F)F)c3)CC2)cc1. The lowest BCUT2D eigenvalue weighted by Crippen LogP contribution is -2.41. The average molecular weight is 423 g/mol. The van der Waals surface area contributed by atoms with E-state index in [1.54, 1.807) is 49.1 Å². The molecule has 2 aromatic carbocycles. The number of hydrogen-bond acceptors (Lipinski definition) is 4. The monoisotopic (exact) mass is 423 g/mol. The lowest BCUT2D eigenvalue weighted by molar-refractivity contribution is -0.274. The molecule has 0 spiro atoms. The van der Waals surface area contributed by atoms with Gasteiger partial charge in [0.15, 0.2) is 0 Å². The van der Waals surface area contributed by atoms with Gasteiger partial charge in [-0.25, -0.2) is 0 Å². The Balaban J connectivity index is 1.55. The quantitative estimate of drug-likeness (QED) is 0.770. The largest absolute Gasteiger partial charge is 0.573 e. The zero-order chi connectivity index (χ0) is 21.9. The summed E-state index contributed by atoms with van der Waals surface area (Å²) in [5.74, 6) is -0.137. The van der Waals surface area contributed by atoms with Gasteiger partial charge in [0.25, 0.3) is 5.91 Å². The molecule has 1 fully saturated rings. The summed E-state index contributed by atoms with van der Waals surface area (Å²) < 4.78 is 46.8. The number of ether oxygens (including phenoxy) is 2. The van der Waals surface area contributed by atoms with E-state index >= 15 is 0 Å². The molecule has 2 aromatic rings. The minimum absolute atomic E-state index is 0.101. The molecule has 1 amide bonds. The van der Waals surface area contributed by atoms with Gasteiger partial charge in [-0.1, -0.05) is 18.2 Å². The number of alkyl halides is 3. The number of amides is 1. The number of carbonyl (C=O) groups excluding carboxylic acids is 1. The van der Waals surface area contributed by atoms with Crippen LogP contribution in [0, 0.1) is 0 Å². The van der Waals surface area contributed by atoms with Gasteiger partial charge in [-0.05, 0) is 43.7 Å². The van der Waals surface area contributed by atoms with E-state index in [1.807, 2.05) is 0 Å². The maximum absolute atomic E-state index is 12.7. The Morgan fingerprint density at radius 3 is 2.20 bits per heavy atom. The fraction of sp³-hybridized carbons (Fsp3) is 0.409. The van der Waals surface area contributed by atoms with Crippen molar-refractivity contribution in [2.75, 3.05) is 13.1 Å². The summed E-state index contributed by atoms with van der Waals surface area (Å²) in [6.07, 6.45) is -3.82. The number of piperidine rings is 1. The van der Waals surface area contributed by atoms with Crippen LogP contribution in [0.1, 0.15) is 42.6 Å². The van der Waals surface area contributed by atoms with Crippen molar-refractivity contribution in [2.45, 2.75) is 44.8 Å². The molecule has 30 heavy (non-hydrogen) atoms. The molecule has 1 aliphatic rings.